The predicted molar refractivity (Wildman–Crippen MR) is 70.6 cm³/mol. The van der Waals surface area contributed by atoms with Crippen molar-refractivity contribution in [3.8, 4) is 0 Å². The molecule has 1 aliphatic heterocycles. The van der Waals surface area contributed by atoms with Crippen LogP contribution in [0.25, 0.3) is 0 Å². The molecule has 2 heterocycles. The topological polar surface area (TPSA) is 45.2 Å². The lowest BCUT2D eigenvalue weighted by molar-refractivity contribution is 0.186. The standard InChI is InChI=1S/C12H19N3OS/c1-8-4-6-15(7-5-8)12(16)14-11-13-9(2)10(3)17-11/h8H,4-7H2,1-3H3,(H,13,14,16). The molecule has 0 saturated carbocycles. The molecule has 0 atom stereocenters. The van der Waals surface area contributed by atoms with Crippen molar-refractivity contribution in [2.75, 3.05) is 18.4 Å². The number of urea groups is 1. The number of rotatable bonds is 1. The Balaban J connectivity index is 1.93. The van der Waals surface area contributed by atoms with Crippen LogP contribution in [0.1, 0.15) is 30.3 Å². The van der Waals surface area contributed by atoms with E-state index in [-0.39, 0.29) is 6.03 Å². The Hall–Kier alpha value is -1.10. The van der Waals surface area contributed by atoms with Crippen LogP contribution in [0.5, 0.6) is 0 Å². The second-order valence-electron chi connectivity index (χ2n) is 4.76. The molecule has 2 rings (SSSR count). The number of anilines is 1. The Morgan fingerprint density at radius 2 is 2.06 bits per heavy atom. The molecule has 0 unspecified atom stereocenters. The van der Waals surface area contributed by atoms with Crippen molar-refractivity contribution in [1.82, 2.24) is 9.88 Å². The maximum absolute atomic E-state index is 12.0. The monoisotopic (exact) mass is 253 g/mol. The fourth-order valence-corrected chi connectivity index (χ4v) is 2.71. The maximum atomic E-state index is 12.0. The van der Waals surface area contributed by atoms with E-state index in [1.807, 2.05) is 18.7 Å². The van der Waals surface area contributed by atoms with Gasteiger partial charge in [0.05, 0.1) is 5.69 Å². The van der Waals surface area contributed by atoms with Gasteiger partial charge in [-0.25, -0.2) is 9.78 Å². The molecule has 94 valence electrons. The quantitative estimate of drug-likeness (QED) is 0.836. The van der Waals surface area contributed by atoms with Gasteiger partial charge >= 0.3 is 6.03 Å². The molecule has 1 aliphatic rings. The van der Waals surface area contributed by atoms with E-state index in [1.165, 1.54) is 11.3 Å². The number of carbonyl (C=O) groups is 1. The number of thiazole rings is 1. The van der Waals surface area contributed by atoms with Gasteiger partial charge in [0.15, 0.2) is 5.13 Å². The van der Waals surface area contributed by atoms with Crippen LogP contribution >= 0.6 is 11.3 Å². The molecule has 17 heavy (non-hydrogen) atoms. The number of likely N-dealkylation sites (tertiary alicyclic amines) is 1. The molecule has 0 spiro atoms. The van der Waals surface area contributed by atoms with E-state index in [2.05, 4.69) is 17.2 Å². The molecule has 1 fully saturated rings. The zero-order valence-corrected chi connectivity index (χ0v) is 11.4. The first kappa shape index (κ1) is 12.4. The maximum Gasteiger partial charge on any atom is 0.323 e. The van der Waals surface area contributed by atoms with Crippen molar-refractivity contribution < 1.29 is 4.79 Å². The molecule has 0 radical (unpaired) electrons. The Labute approximate surface area is 106 Å². The molecule has 1 saturated heterocycles. The minimum absolute atomic E-state index is 0.00866. The van der Waals surface area contributed by atoms with Crippen molar-refractivity contribution in [2.24, 2.45) is 5.92 Å². The molecule has 0 bridgehead atoms. The minimum atomic E-state index is -0.00866. The largest absolute Gasteiger partial charge is 0.324 e. The molecule has 4 nitrogen and oxygen atoms in total. The first-order chi connectivity index (χ1) is 8.06. The third-order valence-electron chi connectivity index (χ3n) is 3.31. The van der Waals surface area contributed by atoms with Crippen LogP contribution in [-0.4, -0.2) is 29.0 Å². The summed E-state index contributed by atoms with van der Waals surface area (Å²) in [6.45, 7) is 7.94. The third kappa shape index (κ3) is 2.97. The molecule has 1 N–H and O–H groups in total. The lowest BCUT2D eigenvalue weighted by Crippen LogP contribution is -2.40. The number of aromatic nitrogens is 1. The summed E-state index contributed by atoms with van der Waals surface area (Å²) in [4.78, 5) is 19.3. The number of nitrogens with one attached hydrogen (secondary N) is 1. The van der Waals surface area contributed by atoms with Crippen molar-refractivity contribution in [3.63, 3.8) is 0 Å². The van der Waals surface area contributed by atoms with Gasteiger partial charge in [0, 0.05) is 18.0 Å². The summed E-state index contributed by atoms with van der Waals surface area (Å²) in [5, 5.41) is 3.59. The normalized spacial score (nSPS) is 17.2. The van der Waals surface area contributed by atoms with Crippen LogP contribution in [0.4, 0.5) is 9.93 Å². The highest BCUT2D eigenvalue weighted by atomic mass is 32.1. The average Bonchev–Trinajstić information content (AvgIpc) is 2.58. The van der Waals surface area contributed by atoms with Crippen molar-refractivity contribution in [1.29, 1.82) is 0 Å². The minimum Gasteiger partial charge on any atom is -0.324 e. The number of hydrogen-bond acceptors (Lipinski definition) is 3. The molecule has 0 aliphatic carbocycles. The summed E-state index contributed by atoms with van der Waals surface area (Å²) < 4.78 is 0. The van der Waals surface area contributed by atoms with Crippen LogP contribution < -0.4 is 5.32 Å². The number of amides is 2. The molecule has 5 heteroatoms. The fourth-order valence-electron chi connectivity index (χ4n) is 1.91. The molecule has 1 aromatic rings. The lowest BCUT2D eigenvalue weighted by Gasteiger charge is -2.29. The van der Waals surface area contributed by atoms with Crippen LogP contribution in [-0.2, 0) is 0 Å². The van der Waals surface area contributed by atoms with Gasteiger partial charge in [0.2, 0.25) is 0 Å². The van der Waals surface area contributed by atoms with Crippen LogP contribution in [0.2, 0.25) is 0 Å². The third-order valence-corrected chi connectivity index (χ3v) is 4.30. The summed E-state index contributed by atoms with van der Waals surface area (Å²) in [6.07, 6.45) is 2.20. The second kappa shape index (κ2) is 5.04. The van der Waals surface area contributed by atoms with E-state index >= 15 is 0 Å². The van der Waals surface area contributed by atoms with Crippen molar-refractivity contribution >= 4 is 22.5 Å². The Morgan fingerprint density at radius 1 is 1.41 bits per heavy atom. The first-order valence-corrected chi connectivity index (χ1v) is 6.88. The van der Waals surface area contributed by atoms with E-state index in [9.17, 15) is 4.79 Å². The van der Waals surface area contributed by atoms with Gasteiger partial charge in [-0.05, 0) is 32.6 Å². The summed E-state index contributed by atoms with van der Waals surface area (Å²) in [5.74, 6) is 0.739. The SMILES string of the molecule is Cc1nc(NC(=O)N2CCC(C)CC2)sc1C. The van der Waals surface area contributed by atoms with Crippen LogP contribution in [0, 0.1) is 19.8 Å². The van der Waals surface area contributed by atoms with E-state index in [4.69, 9.17) is 0 Å². The van der Waals surface area contributed by atoms with Crippen molar-refractivity contribution in [2.45, 2.75) is 33.6 Å². The first-order valence-electron chi connectivity index (χ1n) is 6.06. The second-order valence-corrected chi connectivity index (χ2v) is 5.96. The number of carbonyl (C=O) groups excluding carboxylic acids is 1. The van der Waals surface area contributed by atoms with Gasteiger partial charge in [0.25, 0.3) is 0 Å². The Bertz CT molecular complexity index is 388. The average molecular weight is 253 g/mol. The molecule has 1 aromatic heterocycles. The van der Waals surface area contributed by atoms with E-state index in [1.54, 1.807) is 0 Å². The summed E-state index contributed by atoms with van der Waals surface area (Å²) >= 11 is 1.54. The van der Waals surface area contributed by atoms with Crippen LogP contribution in [0.15, 0.2) is 0 Å². The van der Waals surface area contributed by atoms with Gasteiger partial charge in [-0.3, -0.25) is 5.32 Å². The van der Waals surface area contributed by atoms with E-state index < -0.39 is 0 Å². The zero-order valence-electron chi connectivity index (χ0n) is 10.6. The van der Waals surface area contributed by atoms with Gasteiger partial charge < -0.3 is 4.90 Å². The molecular formula is C12H19N3OS. The lowest BCUT2D eigenvalue weighted by atomic mass is 10.00. The predicted octanol–water partition coefficient (Wildman–Crippen LogP) is 3.02. The smallest absolute Gasteiger partial charge is 0.323 e. The number of aryl methyl sites for hydroxylation is 2. The van der Waals surface area contributed by atoms with Gasteiger partial charge in [-0.15, -0.1) is 11.3 Å². The molecule has 2 amide bonds. The molecular weight excluding hydrogens is 234 g/mol. The summed E-state index contributed by atoms with van der Waals surface area (Å²) in [6, 6.07) is -0.00866. The highest BCUT2D eigenvalue weighted by Gasteiger charge is 2.20. The van der Waals surface area contributed by atoms with Gasteiger partial charge in [-0.1, -0.05) is 6.92 Å². The Kier molecular flexibility index (Phi) is 3.66. The highest BCUT2D eigenvalue weighted by molar-refractivity contribution is 7.15. The zero-order chi connectivity index (χ0) is 12.4. The van der Waals surface area contributed by atoms with Crippen molar-refractivity contribution in [3.05, 3.63) is 10.6 Å². The number of hydrogen-bond donors (Lipinski definition) is 1. The van der Waals surface area contributed by atoms with Crippen LogP contribution in [0.3, 0.4) is 0 Å². The van der Waals surface area contributed by atoms with E-state index in [0.717, 1.165) is 42.4 Å². The Morgan fingerprint density at radius 3 is 2.59 bits per heavy atom. The molecule has 0 aromatic carbocycles. The summed E-state index contributed by atoms with van der Waals surface area (Å²) in [5.41, 5.74) is 0.998. The van der Waals surface area contributed by atoms with Gasteiger partial charge in [0.1, 0.15) is 0 Å². The summed E-state index contributed by atoms with van der Waals surface area (Å²) in [7, 11) is 0. The van der Waals surface area contributed by atoms with Gasteiger partial charge in [-0.2, -0.15) is 0 Å². The van der Waals surface area contributed by atoms with E-state index in [0.29, 0.717) is 5.13 Å². The number of piperidine rings is 1. The number of nitrogens with zero attached hydrogens (tertiary/aromatic N) is 2. The fraction of sp³-hybridized carbons (Fsp3) is 0.667. The highest BCUT2D eigenvalue weighted by Crippen LogP contribution is 2.22.